The molecule has 3 nitrogen and oxygen atoms in total. The molecular formula is C19H22O3. The fourth-order valence-corrected chi connectivity index (χ4v) is 2.05. The zero-order chi connectivity index (χ0) is 16.1. The first-order valence-electron chi connectivity index (χ1n) is 7.50. The summed E-state index contributed by atoms with van der Waals surface area (Å²) in [7, 11) is 0. The Hall–Kier alpha value is -2.29. The second kappa shape index (κ2) is 7.12. The maximum Gasteiger partial charge on any atom is 0.347 e. The monoisotopic (exact) mass is 298 g/mol. The molecule has 0 aliphatic heterocycles. The minimum Gasteiger partial charge on any atom is -0.479 e. The molecule has 1 unspecified atom stereocenters. The lowest BCUT2D eigenvalue weighted by Gasteiger charge is -2.16. The molecule has 0 saturated carbocycles. The third-order valence-electron chi connectivity index (χ3n) is 3.24. The molecular weight excluding hydrogens is 276 g/mol. The second-order valence-electron chi connectivity index (χ2n) is 5.64. The smallest absolute Gasteiger partial charge is 0.347 e. The van der Waals surface area contributed by atoms with Gasteiger partial charge in [0.25, 0.3) is 0 Å². The molecule has 0 amide bonds. The highest BCUT2D eigenvalue weighted by Gasteiger charge is 2.17. The molecule has 0 aromatic heterocycles. The fraction of sp³-hybridized carbons (Fsp3) is 0.316. The van der Waals surface area contributed by atoms with Gasteiger partial charge in [0.15, 0.2) is 6.10 Å². The van der Waals surface area contributed by atoms with Crippen LogP contribution in [0.5, 0.6) is 5.75 Å². The quantitative estimate of drug-likeness (QED) is 0.768. The van der Waals surface area contributed by atoms with Crippen LogP contribution in [-0.2, 0) is 9.53 Å². The van der Waals surface area contributed by atoms with E-state index in [1.807, 2.05) is 38.1 Å². The Balaban J connectivity index is 2.03. The van der Waals surface area contributed by atoms with E-state index in [-0.39, 0.29) is 12.1 Å². The summed E-state index contributed by atoms with van der Waals surface area (Å²) >= 11 is 0. The minimum atomic E-state index is -0.618. The van der Waals surface area contributed by atoms with Gasteiger partial charge in [-0.25, -0.2) is 4.79 Å². The van der Waals surface area contributed by atoms with E-state index in [1.165, 1.54) is 5.56 Å². The summed E-state index contributed by atoms with van der Waals surface area (Å²) in [6.45, 7) is 7.40. The highest BCUT2D eigenvalue weighted by molar-refractivity contribution is 5.74. The first kappa shape index (κ1) is 16.1. The van der Waals surface area contributed by atoms with Crippen molar-refractivity contribution in [3.05, 3.63) is 54.1 Å². The third-order valence-corrected chi connectivity index (χ3v) is 3.24. The largest absolute Gasteiger partial charge is 0.479 e. The Labute approximate surface area is 131 Å². The zero-order valence-corrected chi connectivity index (χ0v) is 13.5. The number of ether oxygens (including phenoxy) is 2. The molecule has 116 valence electrons. The lowest BCUT2D eigenvalue weighted by atomic mass is 10.0. The molecule has 2 rings (SSSR count). The van der Waals surface area contributed by atoms with E-state index in [9.17, 15) is 4.79 Å². The van der Waals surface area contributed by atoms with Gasteiger partial charge in [-0.3, -0.25) is 0 Å². The van der Waals surface area contributed by atoms with Crippen LogP contribution in [0.2, 0.25) is 0 Å². The molecule has 0 aliphatic carbocycles. The van der Waals surface area contributed by atoms with E-state index < -0.39 is 6.10 Å². The zero-order valence-electron chi connectivity index (χ0n) is 13.5. The summed E-state index contributed by atoms with van der Waals surface area (Å²) in [5, 5.41) is 0. The number of hydrogen-bond acceptors (Lipinski definition) is 3. The summed E-state index contributed by atoms with van der Waals surface area (Å²) < 4.78 is 10.7. The molecule has 0 fully saturated rings. The van der Waals surface area contributed by atoms with Crippen molar-refractivity contribution < 1.29 is 14.3 Å². The average Bonchev–Trinajstić information content (AvgIpc) is 2.48. The maximum atomic E-state index is 11.7. The molecule has 0 saturated heterocycles. The van der Waals surface area contributed by atoms with Crippen molar-refractivity contribution in [2.45, 2.75) is 39.9 Å². The van der Waals surface area contributed by atoms with Gasteiger partial charge in [-0.05, 0) is 51.0 Å². The molecule has 2 aromatic carbocycles. The van der Waals surface area contributed by atoms with Crippen molar-refractivity contribution in [3.8, 4) is 16.9 Å². The number of carbonyl (C=O) groups is 1. The normalized spacial score (nSPS) is 12.0. The maximum absolute atomic E-state index is 11.7. The van der Waals surface area contributed by atoms with E-state index >= 15 is 0 Å². The van der Waals surface area contributed by atoms with Crippen molar-refractivity contribution in [2.24, 2.45) is 0 Å². The van der Waals surface area contributed by atoms with Gasteiger partial charge >= 0.3 is 5.97 Å². The van der Waals surface area contributed by atoms with Crippen molar-refractivity contribution >= 4 is 5.97 Å². The first-order valence-corrected chi connectivity index (χ1v) is 7.50. The molecule has 22 heavy (non-hydrogen) atoms. The van der Waals surface area contributed by atoms with Crippen molar-refractivity contribution in [1.29, 1.82) is 0 Å². The SMILES string of the molecule is Cc1ccc(-c2ccc(OC(C)C(=O)OC(C)C)cc2)cc1. The molecule has 1 atom stereocenters. The predicted octanol–water partition coefficient (Wildman–Crippen LogP) is 4.38. The van der Waals surface area contributed by atoms with Crippen LogP contribution in [0.15, 0.2) is 48.5 Å². The minimum absolute atomic E-state index is 0.137. The van der Waals surface area contributed by atoms with Crippen LogP contribution >= 0.6 is 0 Å². The van der Waals surface area contributed by atoms with Gasteiger partial charge in [0, 0.05) is 0 Å². The van der Waals surface area contributed by atoms with Crippen LogP contribution in [0.4, 0.5) is 0 Å². The Morgan fingerprint density at radius 1 is 0.864 bits per heavy atom. The van der Waals surface area contributed by atoms with Gasteiger partial charge in [0.05, 0.1) is 6.10 Å². The summed E-state index contributed by atoms with van der Waals surface area (Å²) in [5.74, 6) is 0.307. The van der Waals surface area contributed by atoms with E-state index in [2.05, 4.69) is 31.2 Å². The van der Waals surface area contributed by atoms with Crippen LogP contribution in [0.25, 0.3) is 11.1 Å². The molecule has 0 N–H and O–H groups in total. The number of hydrogen-bond donors (Lipinski definition) is 0. The highest BCUT2D eigenvalue weighted by Crippen LogP contribution is 2.23. The molecule has 0 aliphatic rings. The third kappa shape index (κ3) is 4.35. The molecule has 0 heterocycles. The van der Waals surface area contributed by atoms with Gasteiger partial charge in [-0.2, -0.15) is 0 Å². The van der Waals surface area contributed by atoms with Gasteiger partial charge in [0.2, 0.25) is 0 Å². The van der Waals surface area contributed by atoms with Crippen LogP contribution in [-0.4, -0.2) is 18.2 Å². The standard InChI is InChI=1S/C19H22O3/c1-13(2)21-19(20)15(4)22-18-11-9-17(10-12-18)16-7-5-14(3)6-8-16/h5-13,15H,1-4H3. The van der Waals surface area contributed by atoms with E-state index in [0.717, 1.165) is 11.1 Å². The summed E-state index contributed by atoms with van der Waals surface area (Å²) in [6, 6.07) is 16.1. The molecule has 0 bridgehead atoms. The predicted molar refractivity (Wildman–Crippen MR) is 87.9 cm³/mol. The van der Waals surface area contributed by atoms with Crippen molar-refractivity contribution in [2.75, 3.05) is 0 Å². The number of rotatable bonds is 5. The van der Waals surface area contributed by atoms with Crippen molar-refractivity contribution in [1.82, 2.24) is 0 Å². The van der Waals surface area contributed by atoms with Crippen LogP contribution < -0.4 is 4.74 Å². The Morgan fingerprint density at radius 2 is 1.36 bits per heavy atom. The molecule has 0 radical (unpaired) electrons. The van der Waals surface area contributed by atoms with E-state index in [1.54, 1.807) is 6.92 Å². The van der Waals surface area contributed by atoms with Gasteiger partial charge < -0.3 is 9.47 Å². The van der Waals surface area contributed by atoms with Crippen molar-refractivity contribution in [3.63, 3.8) is 0 Å². The number of benzene rings is 2. The Morgan fingerprint density at radius 3 is 1.86 bits per heavy atom. The second-order valence-corrected chi connectivity index (χ2v) is 5.64. The summed E-state index contributed by atoms with van der Waals surface area (Å²) in [4.78, 5) is 11.7. The van der Waals surface area contributed by atoms with Crippen LogP contribution in [0, 0.1) is 6.92 Å². The van der Waals surface area contributed by atoms with Crippen LogP contribution in [0.3, 0.4) is 0 Å². The first-order chi connectivity index (χ1) is 10.5. The number of carbonyl (C=O) groups excluding carboxylic acids is 1. The van der Waals surface area contributed by atoms with Gasteiger partial charge in [0.1, 0.15) is 5.75 Å². The van der Waals surface area contributed by atoms with E-state index in [4.69, 9.17) is 9.47 Å². The summed E-state index contributed by atoms with van der Waals surface area (Å²) in [5.41, 5.74) is 3.51. The molecule has 2 aromatic rings. The Kier molecular flexibility index (Phi) is 5.21. The fourth-order valence-electron chi connectivity index (χ4n) is 2.05. The highest BCUT2D eigenvalue weighted by atomic mass is 16.6. The number of aryl methyl sites for hydroxylation is 1. The Bertz CT molecular complexity index is 612. The van der Waals surface area contributed by atoms with E-state index in [0.29, 0.717) is 5.75 Å². The van der Waals surface area contributed by atoms with Gasteiger partial charge in [-0.15, -0.1) is 0 Å². The van der Waals surface area contributed by atoms with Gasteiger partial charge in [-0.1, -0.05) is 42.0 Å². The number of esters is 1. The van der Waals surface area contributed by atoms with Crippen LogP contribution in [0.1, 0.15) is 26.3 Å². The lowest BCUT2D eigenvalue weighted by Crippen LogP contribution is -2.28. The topological polar surface area (TPSA) is 35.5 Å². The average molecular weight is 298 g/mol. The lowest BCUT2D eigenvalue weighted by molar-refractivity contribution is -0.154. The summed E-state index contributed by atoms with van der Waals surface area (Å²) in [6.07, 6.45) is -0.755. The molecule has 0 spiro atoms. The molecule has 3 heteroatoms.